The van der Waals surface area contributed by atoms with Crippen molar-refractivity contribution in [3.05, 3.63) is 7.05 Å². The van der Waals surface area contributed by atoms with Crippen molar-refractivity contribution in [3.8, 4) is 0 Å². The quantitative estimate of drug-likeness (QED) is 0.680. The minimum absolute atomic E-state index is 0. The van der Waals surface area contributed by atoms with Crippen LogP contribution in [0.4, 0.5) is 0 Å². The molecular weight excluding hydrogens is 213 g/mol. The van der Waals surface area contributed by atoms with E-state index in [-0.39, 0.29) is 35.6 Å². The third kappa shape index (κ3) is 7.15. The average molecular weight is 225 g/mol. The summed E-state index contributed by atoms with van der Waals surface area (Å²) in [6, 6.07) is 0. The Morgan fingerprint density at radius 1 is 1.29 bits per heavy atom. The Labute approximate surface area is 74.1 Å². The van der Waals surface area contributed by atoms with Crippen LogP contribution in [0, 0.1) is 42.6 Å². The SMILES string of the molecule is [CH2]N(CC)CC.[La]. The zero-order chi connectivity index (χ0) is 4.99. The molecule has 1 nitrogen and oxygen atoms in total. The van der Waals surface area contributed by atoms with Gasteiger partial charge in [0.25, 0.3) is 0 Å². The third-order valence-corrected chi connectivity index (χ3v) is 0.894. The Morgan fingerprint density at radius 3 is 1.57 bits per heavy atom. The minimum atomic E-state index is 0. The van der Waals surface area contributed by atoms with Crippen molar-refractivity contribution < 1.29 is 35.6 Å². The molecule has 0 unspecified atom stereocenters. The van der Waals surface area contributed by atoms with E-state index in [1.807, 2.05) is 4.90 Å². The van der Waals surface area contributed by atoms with Gasteiger partial charge < -0.3 is 4.90 Å². The number of rotatable bonds is 2. The van der Waals surface area contributed by atoms with Crippen LogP contribution >= 0.6 is 0 Å². The summed E-state index contributed by atoms with van der Waals surface area (Å²) in [5.41, 5.74) is 0. The van der Waals surface area contributed by atoms with E-state index in [9.17, 15) is 0 Å². The average Bonchev–Trinajstić information content (AvgIpc) is 1.65. The second-order valence-corrected chi connectivity index (χ2v) is 1.30. The predicted octanol–water partition coefficient (Wildman–Crippen LogP) is 1.12. The summed E-state index contributed by atoms with van der Waals surface area (Å²) in [5, 5.41) is 0. The molecule has 0 spiro atoms. The van der Waals surface area contributed by atoms with Crippen LogP contribution in [-0.4, -0.2) is 18.0 Å². The molecule has 7 heavy (non-hydrogen) atoms. The monoisotopic (exact) mass is 225 g/mol. The van der Waals surface area contributed by atoms with Gasteiger partial charge in [0.15, 0.2) is 0 Å². The Bertz CT molecular complexity index is 27.3. The summed E-state index contributed by atoms with van der Waals surface area (Å²) in [7, 11) is 3.71. The van der Waals surface area contributed by atoms with Crippen molar-refractivity contribution in [2.24, 2.45) is 0 Å². The van der Waals surface area contributed by atoms with Crippen LogP contribution in [0.25, 0.3) is 0 Å². The Kier molecular flexibility index (Phi) is 11.3. The molecular formula is C5H12LaN. The molecule has 0 aromatic rings. The molecule has 0 aromatic heterocycles. The van der Waals surface area contributed by atoms with E-state index >= 15 is 0 Å². The van der Waals surface area contributed by atoms with Gasteiger partial charge in [-0.1, -0.05) is 13.8 Å². The number of hydrogen-bond acceptors (Lipinski definition) is 1. The Balaban J connectivity index is 0. The largest absolute Gasteiger partial charge is 0.303 e. The fraction of sp³-hybridized carbons (Fsp3) is 0.800. The molecule has 0 aromatic carbocycles. The van der Waals surface area contributed by atoms with E-state index in [2.05, 4.69) is 20.9 Å². The summed E-state index contributed by atoms with van der Waals surface area (Å²) in [6.07, 6.45) is 0. The normalized spacial score (nSPS) is 8.57. The first kappa shape index (κ1) is 11.0. The van der Waals surface area contributed by atoms with Crippen LogP contribution in [0.2, 0.25) is 0 Å². The van der Waals surface area contributed by atoms with Crippen molar-refractivity contribution in [1.82, 2.24) is 4.90 Å². The van der Waals surface area contributed by atoms with Crippen LogP contribution in [-0.2, 0) is 0 Å². The van der Waals surface area contributed by atoms with Crippen LogP contribution in [0.3, 0.4) is 0 Å². The maximum atomic E-state index is 3.71. The molecule has 0 aliphatic heterocycles. The van der Waals surface area contributed by atoms with Gasteiger partial charge in [-0.3, -0.25) is 0 Å². The minimum Gasteiger partial charge on any atom is -0.303 e. The summed E-state index contributed by atoms with van der Waals surface area (Å²) < 4.78 is 0. The van der Waals surface area contributed by atoms with Gasteiger partial charge in [-0.15, -0.1) is 0 Å². The first-order valence-corrected chi connectivity index (χ1v) is 2.36. The topological polar surface area (TPSA) is 3.24 Å². The summed E-state index contributed by atoms with van der Waals surface area (Å²) >= 11 is 0. The van der Waals surface area contributed by atoms with Gasteiger partial charge in [0.1, 0.15) is 0 Å². The molecule has 0 rings (SSSR count). The van der Waals surface area contributed by atoms with Gasteiger partial charge in [0.05, 0.1) is 0 Å². The second-order valence-electron chi connectivity index (χ2n) is 1.30. The van der Waals surface area contributed by atoms with Crippen molar-refractivity contribution in [2.45, 2.75) is 13.8 Å². The molecule has 0 aliphatic carbocycles. The molecule has 0 N–H and O–H groups in total. The molecule has 0 fully saturated rings. The fourth-order valence-electron chi connectivity index (χ4n) is 0.224. The third-order valence-electron chi connectivity index (χ3n) is 0.894. The maximum absolute atomic E-state index is 3.71. The van der Waals surface area contributed by atoms with E-state index in [4.69, 9.17) is 0 Å². The standard InChI is InChI=1S/C5H12N.La/c1-4-6(3)5-2;/h3-5H2,1-2H3;. The second kappa shape index (κ2) is 7.15. The summed E-state index contributed by atoms with van der Waals surface area (Å²) in [6.45, 7) is 6.29. The summed E-state index contributed by atoms with van der Waals surface area (Å²) in [4.78, 5) is 2.00. The number of nitrogens with zero attached hydrogens (tertiary/aromatic N) is 1. The molecule has 0 amide bonds. The molecule has 0 atom stereocenters. The van der Waals surface area contributed by atoms with Gasteiger partial charge in [-0.05, 0) is 13.1 Å². The molecule has 0 bridgehead atoms. The van der Waals surface area contributed by atoms with E-state index in [1.165, 1.54) is 0 Å². The van der Waals surface area contributed by atoms with Gasteiger partial charge in [0.2, 0.25) is 0 Å². The number of hydrogen-bond donors (Lipinski definition) is 0. The predicted molar refractivity (Wildman–Crippen MR) is 28.3 cm³/mol. The van der Waals surface area contributed by atoms with Crippen molar-refractivity contribution in [1.29, 1.82) is 0 Å². The van der Waals surface area contributed by atoms with Crippen LogP contribution in [0.1, 0.15) is 13.8 Å². The van der Waals surface area contributed by atoms with E-state index in [1.54, 1.807) is 0 Å². The van der Waals surface area contributed by atoms with Crippen molar-refractivity contribution in [2.75, 3.05) is 13.1 Å². The van der Waals surface area contributed by atoms with Crippen LogP contribution in [0.15, 0.2) is 0 Å². The first-order chi connectivity index (χ1) is 2.81. The van der Waals surface area contributed by atoms with Gasteiger partial charge in [-0.25, -0.2) is 0 Å². The molecule has 0 saturated heterocycles. The smallest absolute Gasteiger partial charge is 0.0109 e. The van der Waals surface area contributed by atoms with E-state index in [0.717, 1.165) is 13.1 Å². The van der Waals surface area contributed by atoms with Gasteiger partial charge in [-0.2, -0.15) is 0 Å². The Hall–Kier alpha value is 1.15. The van der Waals surface area contributed by atoms with Gasteiger partial charge in [0, 0.05) is 42.6 Å². The van der Waals surface area contributed by atoms with Crippen LogP contribution < -0.4 is 0 Å². The molecule has 0 saturated carbocycles. The van der Waals surface area contributed by atoms with Crippen molar-refractivity contribution >= 4 is 0 Å². The first-order valence-electron chi connectivity index (χ1n) is 2.36. The Morgan fingerprint density at radius 2 is 1.57 bits per heavy atom. The molecule has 2 heteroatoms. The zero-order valence-corrected chi connectivity index (χ0v) is 8.77. The van der Waals surface area contributed by atoms with Gasteiger partial charge >= 0.3 is 0 Å². The van der Waals surface area contributed by atoms with E-state index in [0.29, 0.717) is 0 Å². The molecule has 0 aliphatic rings. The molecule has 40 valence electrons. The van der Waals surface area contributed by atoms with Crippen molar-refractivity contribution in [3.63, 3.8) is 0 Å². The maximum Gasteiger partial charge on any atom is 0.0109 e. The fourth-order valence-corrected chi connectivity index (χ4v) is 0.224. The summed E-state index contributed by atoms with van der Waals surface area (Å²) in [5.74, 6) is 0. The molecule has 0 heterocycles. The van der Waals surface area contributed by atoms with E-state index < -0.39 is 0 Å². The zero-order valence-electron chi connectivity index (χ0n) is 5.15. The molecule has 2 radical (unpaired) electrons. The van der Waals surface area contributed by atoms with Crippen LogP contribution in [0.5, 0.6) is 0 Å².